The van der Waals surface area contributed by atoms with Gasteiger partial charge in [-0.1, -0.05) is 192 Å². The Morgan fingerprint density at radius 1 is 0.471 bits per heavy atom. The molecule has 0 saturated heterocycles. The van der Waals surface area contributed by atoms with Gasteiger partial charge in [0.05, 0.1) is 13.2 Å². The smallest absolute Gasteiger partial charge is 0.306 e. The quantitative estimate of drug-likeness (QED) is 0.0388. The predicted octanol–water partition coefficient (Wildman–Crippen LogP) is 14.9. The largest absolute Gasteiger partial charge is 0.457 e. The summed E-state index contributed by atoms with van der Waals surface area (Å²) in [5.74, 6) is -0.203. The number of rotatable bonds is 42. The molecule has 51 heavy (non-hydrogen) atoms. The number of aliphatic hydroxyl groups is 1. The van der Waals surface area contributed by atoms with E-state index in [0.717, 1.165) is 25.7 Å². The van der Waals surface area contributed by atoms with Crippen molar-refractivity contribution in [3.8, 4) is 0 Å². The van der Waals surface area contributed by atoms with E-state index in [1.807, 2.05) is 0 Å². The van der Waals surface area contributed by atoms with Crippen molar-refractivity contribution in [2.24, 2.45) is 0 Å². The summed E-state index contributed by atoms with van der Waals surface area (Å²) in [6.45, 7) is 5.32. The van der Waals surface area contributed by atoms with Crippen LogP contribution in [0.15, 0.2) is 36.5 Å². The summed E-state index contributed by atoms with van der Waals surface area (Å²) in [5.41, 5.74) is 0. The second-order valence-corrected chi connectivity index (χ2v) is 15.1. The van der Waals surface area contributed by atoms with E-state index in [4.69, 9.17) is 9.47 Å². The van der Waals surface area contributed by atoms with E-state index >= 15 is 0 Å². The van der Waals surface area contributed by atoms with Crippen molar-refractivity contribution in [2.75, 3.05) is 19.8 Å². The normalized spacial score (nSPS) is 12.6. The van der Waals surface area contributed by atoms with Gasteiger partial charge in [-0.3, -0.25) is 4.79 Å². The number of aliphatic hydroxyl groups excluding tert-OH is 1. The van der Waals surface area contributed by atoms with Crippen LogP contribution in [-0.4, -0.2) is 37.0 Å². The summed E-state index contributed by atoms with van der Waals surface area (Å²) in [6.07, 6.45) is 56.4. The molecule has 1 atom stereocenters. The fourth-order valence-corrected chi connectivity index (χ4v) is 6.53. The number of hydrogen-bond acceptors (Lipinski definition) is 4. The Hall–Kier alpha value is -1.39. The molecule has 0 aromatic rings. The second-order valence-electron chi connectivity index (χ2n) is 15.1. The highest BCUT2D eigenvalue weighted by Crippen LogP contribution is 2.14. The van der Waals surface area contributed by atoms with Crippen LogP contribution in [0.1, 0.15) is 232 Å². The van der Waals surface area contributed by atoms with Gasteiger partial charge in [0.25, 0.3) is 0 Å². The SMILES string of the molecule is CCCCC/C=C\C/C=C\CCCCCCCCOCC(CO)OC(=O)CCCCCCCCCCCCC/C=C\CCCCCCCCCC. The van der Waals surface area contributed by atoms with Gasteiger partial charge in [0.1, 0.15) is 6.10 Å². The molecule has 0 fully saturated rings. The van der Waals surface area contributed by atoms with Gasteiger partial charge >= 0.3 is 5.97 Å². The first-order valence-corrected chi connectivity index (χ1v) is 22.6. The maximum absolute atomic E-state index is 12.2. The molecule has 0 heterocycles. The van der Waals surface area contributed by atoms with Crippen LogP contribution in [-0.2, 0) is 14.3 Å². The lowest BCUT2D eigenvalue weighted by Crippen LogP contribution is -2.27. The molecule has 300 valence electrons. The van der Waals surface area contributed by atoms with Crippen molar-refractivity contribution in [1.29, 1.82) is 0 Å². The first-order valence-electron chi connectivity index (χ1n) is 22.6. The molecule has 0 spiro atoms. The molecule has 0 aliphatic rings. The lowest BCUT2D eigenvalue weighted by molar-refractivity contribution is -0.154. The fraction of sp³-hybridized carbons (Fsp3) is 0.851. The fourth-order valence-electron chi connectivity index (χ4n) is 6.53. The van der Waals surface area contributed by atoms with Crippen molar-refractivity contribution in [2.45, 2.75) is 238 Å². The van der Waals surface area contributed by atoms with Crippen LogP contribution in [0.4, 0.5) is 0 Å². The zero-order chi connectivity index (χ0) is 37.0. The third-order valence-electron chi connectivity index (χ3n) is 9.94. The molecule has 0 aliphatic carbocycles. The van der Waals surface area contributed by atoms with Crippen LogP contribution < -0.4 is 0 Å². The molecular weight excluding hydrogens is 629 g/mol. The van der Waals surface area contributed by atoms with Gasteiger partial charge < -0.3 is 14.6 Å². The molecule has 0 rings (SSSR count). The van der Waals surface area contributed by atoms with Gasteiger partial charge in [-0.2, -0.15) is 0 Å². The summed E-state index contributed by atoms with van der Waals surface area (Å²) in [6, 6.07) is 0. The molecule has 0 radical (unpaired) electrons. The number of carbonyl (C=O) groups is 1. The standard InChI is InChI=1S/C47H88O4/c1-3-5-7-9-11-13-15-17-19-21-22-23-24-25-26-27-28-30-32-34-36-38-40-42-47(49)51-46(44-48)45-50-43-41-39-37-35-33-31-29-20-18-16-14-12-10-8-6-4-2/h12,14,18,20-22,46,48H,3-11,13,15-17,19,23-45H2,1-2H3/b14-12-,20-18-,22-21-. The van der Waals surface area contributed by atoms with E-state index in [1.165, 1.54) is 186 Å². The van der Waals surface area contributed by atoms with E-state index in [0.29, 0.717) is 19.6 Å². The van der Waals surface area contributed by atoms with E-state index < -0.39 is 6.10 Å². The van der Waals surface area contributed by atoms with Gasteiger partial charge in [0.15, 0.2) is 0 Å². The van der Waals surface area contributed by atoms with Crippen LogP contribution in [0, 0.1) is 0 Å². The van der Waals surface area contributed by atoms with Crippen LogP contribution in [0.2, 0.25) is 0 Å². The van der Waals surface area contributed by atoms with Gasteiger partial charge in [-0.05, 0) is 70.6 Å². The summed E-state index contributed by atoms with van der Waals surface area (Å²) in [5, 5.41) is 9.61. The Balaban J connectivity index is 3.41. The predicted molar refractivity (Wildman–Crippen MR) is 224 cm³/mol. The van der Waals surface area contributed by atoms with Crippen LogP contribution >= 0.6 is 0 Å². The average molecular weight is 717 g/mol. The summed E-state index contributed by atoms with van der Waals surface area (Å²) >= 11 is 0. The Kier molecular flexibility index (Phi) is 43.5. The average Bonchev–Trinajstić information content (AvgIpc) is 3.14. The van der Waals surface area contributed by atoms with Gasteiger partial charge in [-0.25, -0.2) is 0 Å². The molecule has 4 heteroatoms. The third kappa shape index (κ3) is 42.9. The lowest BCUT2D eigenvalue weighted by Gasteiger charge is -2.15. The second kappa shape index (κ2) is 44.8. The third-order valence-corrected chi connectivity index (χ3v) is 9.94. The Labute approximate surface area is 319 Å². The monoisotopic (exact) mass is 717 g/mol. The molecule has 4 nitrogen and oxygen atoms in total. The maximum Gasteiger partial charge on any atom is 0.306 e. The molecule has 1 unspecified atom stereocenters. The minimum atomic E-state index is -0.539. The summed E-state index contributed by atoms with van der Waals surface area (Å²) in [4.78, 5) is 12.2. The molecule has 0 saturated carbocycles. The number of esters is 1. The number of ether oxygens (including phenoxy) is 2. The first-order chi connectivity index (χ1) is 25.2. The Morgan fingerprint density at radius 3 is 1.27 bits per heavy atom. The van der Waals surface area contributed by atoms with Crippen LogP contribution in [0.25, 0.3) is 0 Å². The first kappa shape index (κ1) is 49.6. The molecule has 0 amide bonds. The Bertz CT molecular complexity index is 757. The molecular formula is C47H88O4. The van der Waals surface area contributed by atoms with Gasteiger partial charge in [0.2, 0.25) is 0 Å². The molecule has 0 bridgehead atoms. The van der Waals surface area contributed by atoms with Crippen LogP contribution in [0.5, 0.6) is 0 Å². The minimum Gasteiger partial charge on any atom is -0.457 e. The number of hydrogen-bond donors (Lipinski definition) is 1. The highest BCUT2D eigenvalue weighted by atomic mass is 16.6. The van der Waals surface area contributed by atoms with E-state index in [-0.39, 0.29) is 12.6 Å². The Morgan fingerprint density at radius 2 is 0.824 bits per heavy atom. The highest BCUT2D eigenvalue weighted by Gasteiger charge is 2.13. The van der Waals surface area contributed by atoms with Crippen LogP contribution in [0.3, 0.4) is 0 Å². The number of unbranched alkanes of at least 4 members (excludes halogenated alkanes) is 28. The number of carbonyl (C=O) groups excluding carboxylic acids is 1. The highest BCUT2D eigenvalue weighted by molar-refractivity contribution is 5.69. The summed E-state index contributed by atoms with van der Waals surface area (Å²) < 4.78 is 11.2. The van der Waals surface area contributed by atoms with Crippen molar-refractivity contribution < 1.29 is 19.4 Å². The van der Waals surface area contributed by atoms with E-state index in [1.54, 1.807) is 0 Å². The van der Waals surface area contributed by atoms with Crippen molar-refractivity contribution in [3.05, 3.63) is 36.5 Å². The minimum absolute atomic E-state index is 0.175. The number of allylic oxidation sites excluding steroid dienone is 6. The van der Waals surface area contributed by atoms with Gasteiger partial charge in [0, 0.05) is 13.0 Å². The topological polar surface area (TPSA) is 55.8 Å². The zero-order valence-corrected chi connectivity index (χ0v) is 34.4. The van der Waals surface area contributed by atoms with Crippen molar-refractivity contribution >= 4 is 5.97 Å². The zero-order valence-electron chi connectivity index (χ0n) is 34.4. The molecule has 0 aromatic carbocycles. The summed E-state index contributed by atoms with van der Waals surface area (Å²) in [7, 11) is 0. The maximum atomic E-state index is 12.2. The van der Waals surface area contributed by atoms with Gasteiger partial charge in [-0.15, -0.1) is 0 Å². The molecule has 0 aromatic heterocycles. The van der Waals surface area contributed by atoms with Crippen molar-refractivity contribution in [1.82, 2.24) is 0 Å². The van der Waals surface area contributed by atoms with E-state index in [2.05, 4.69) is 50.3 Å². The molecule has 0 aliphatic heterocycles. The lowest BCUT2D eigenvalue weighted by atomic mass is 10.0. The van der Waals surface area contributed by atoms with E-state index in [9.17, 15) is 9.90 Å². The van der Waals surface area contributed by atoms with Crippen molar-refractivity contribution in [3.63, 3.8) is 0 Å². The molecule has 1 N–H and O–H groups in total.